The van der Waals surface area contributed by atoms with E-state index in [0.717, 1.165) is 38.9 Å². The largest absolute Gasteiger partial charge is 0.444 e. The molecule has 0 radical (unpaired) electrons. The molecule has 7 aromatic carbocycles. The molecular formula is C68H58F6IN7O2. The molecule has 11 rings (SSSR count). The van der Waals surface area contributed by atoms with E-state index in [4.69, 9.17) is 4.74 Å². The Bertz CT molecular complexity index is 3850. The summed E-state index contributed by atoms with van der Waals surface area (Å²) in [6.45, 7) is 9.68. The normalized spacial score (nSPS) is 13.0. The lowest BCUT2D eigenvalue weighted by molar-refractivity contribution is -0.141. The van der Waals surface area contributed by atoms with Crippen molar-refractivity contribution < 1.29 is 35.9 Å². The molecule has 1 unspecified atom stereocenters. The topological polar surface area (TPSA) is 99.7 Å². The summed E-state index contributed by atoms with van der Waals surface area (Å²) in [5.74, 6) is 0. The van der Waals surface area contributed by atoms with Gasteiger partial charge in [-0.05, 0) is 112 Å². The zero-order valence-corrected chi connectivity index (χ0v) is 48.7. The van der Waals surface area contributed by atoms with Gasteiger partial charge >= 0.3 is 18.4 Å². The number of alkyl carbamates (subject to hydrolysis) is 1. The van der Waals surface area contributed by atoms with Crippen molar-refractivity contribution >= 4 is 50.8 Å². The fraction of sp³-hybridized carbons (Fsp3) is 0.191. The lowest BCUT2D eigenvalue weighted by Crippen LogP contribution is -2.41. The number of nitrogens with one attached hydrogen (secondary N) is 1. The van der Waals surface area contributed by atoms with Crippen LogP contribution in [0.15, 0.2) is 231 Å². The molecule has 1 N–H and O–H groups in total. The summed E-state index contributed by atoms with van der Waals surface area (Å²) in [6, 6.07) is 67.3. The first-order chi connectivity index (χ1) is 40.2. The van der Waals surface area contributed by atoms with Gasteiger partial charge in [-0.2, -0.15) is 36.5 Å². The maximum Gasteiger partial charge on any atom is 0.435 e. The Morgan fingerprint density at radius 1 is 0.488 bits per heavy atom. The van der Waals surface area contributed by atoms with Crippen LogP contribution < -0.4 is 5.32 Å². The molecule has 0 fully saturated rings. The predicted octanol–water partition coefficient (Wildman–Crippen LogP) is 17.0. The van der Waals surface area contributed by atoms with Gasteiger partial charge in [0.15, 0.2) is 22.7 Å². The zero-order valence-electron chi connectivity index (χ0n) is 46.5. The van der Waals surface area contributed by atoms with E-state index in [1.165, 1.54) is 21.8 Å². The summed E-state index contributed by atoms with van der Waals surface area (Å²) in [6.07, 6.45) is -6.26. The number of alkyl halides is 6. The molecule has 0 spiro atoms. The molecule has 1 amide bonds. The second-order valence-corrected chi connectivity index (χ2v) is 22.7. The van der Waals surface area contributed by atoms with Gasteiger partial charge in [-0.1, -0.05) is 220 Å². The lowest BCUT2D eigenvalue weighted by atomic mass is 9.77. The molecule has 9 nitrogen and oxygen atoms in total. The zero-order chi connectivity index (χ0) is 59.5. The number of rotatable bonds is 13. The number of pyridine rings is 2. The fourth-order valence-corrected chi connectivity index (χ4v) is 11.7. The Morgan fingerprint density at radius 2 is 0.845 bits per heavy atom. The SMILES string of the molecule is CCC(C)(CNC(=O)OC(C)(C)C)c1cccc(-c2ccnc3c2c(C(F)(F)F)nn3C(c2ccccc2)(c2ccccc2)c2ccccc2)c1.FC(F)(F)c1nn(C(c2ccccc2)(c2ccccc2)c2ccccc2)c2nccc(I)c12. The van der Waals surface area contributed by atoms with Crippen molar-refractivity contribution in [3.8, 4) is 11.1 Å². The van der Waals surface area contributed by atoms with Crippen molar-refractivity contribution in [2.45, 2.75) is 75.5 Å². The molecule has 1 atom stereocenters. The highest BCUT2D eigenvalue weighted by molar-refractivity contribution is 14.1. The Morgan fingerprint density at radius 3 is 1.21 bits per heavy atom. The average molecular weight is 1250 g/mol. The third-order valence-electron chi connectivity index (χ3n) is 15.1. The summed E-state index contributed by atoms with van der Waals surface area (Å²) in [4.78, 5) is 21.6. The van der Waals surface area contributed by atoms with Crippen molar-refractivity contribution in [1.82, 2.24) is 34.8 Å². The minimum atomic E-state index is -4.80. The number of hydrogen-bond acceptors (Lipinski definition) is 6. The summed E-state index contributed by atoms with van der Waals surface area (Å²) in [5, 5.41) is 11.5. The maximum atomic E-state index is 15.3. The van der Waals surface area contributed by atoms with Gasteiger partial charge in [-0.15, -0.1) is 0 Å². The number of ether oxygens (including phenoxy) is 1. The molecule has 0 saturated heterocycles. The molecule has 11 aromatic rings. The molecule has 0 aliphatic heterocycles. The van der Waals surface area contributed by atoms with Gasteiger partial charge in [-0.3, -0.25) is 0 Å². The second kappa shape index (κ2) is 23.5. The van der Waals surface area contributed by atoms with Crippen LogP contribution in [-0.4, -0.2) is 47.8 Å². The van der Waals surface area contributed by atoms with Crippen molar-refractivity contribution in [3.05, 3.63) is 285 Å². The summed E-state index contributed by atoms with van der Waals surface area (Å²) in [5.41, 5.74) is 0.910. The maximum absolute atomic E-state index is 15.3. The highest BCUT2D eigenvalue weighted by Crippen LogP contribution is 2.48. The molecule has 0 aliphatic carbocycles. The van der Waals surface area contributed by atoms with Crippen LogP contribution in [0.4, 0.5) is 31.1 Å². The Balaban J connectivity index is 0.000000205. The monoisotopic (exact) mass is 1250 g/mol. The van der Waals surface area contributed by atoms with Crippen LogP contribution in [0, 0.1) is 3.57 Å². The molecule has 426 valence electrons. The molecule has 84 heavy (non-hydrogen) atoms. The Kier molecular flexibility index (Phi) is 16.4. The predicted molar refractivity (Wildman–Crippen MR) is 324 cm³/mol. The fourth-order valence-electron chi connectivity index (χ4n) is 11.0. The standard InChI is InChI=1S/C42H41F3N4O2.C26H17F3IN3/c1-6-40(5,28-47-38(50)51-39(2,3)4)33-24-16-17-29(27-33)34-25-26-46-37-35(34)36(42(43,44)45)48-49(37)41(30-18-10-7-11-19-30,31-20-12-8-13-21-31)32-22-14-9-15-23-32;27-26(28,29)23-22-21(30)16-17-31-24(22)33(32-23)25(18-10-4-1-5-11-18,19-12-6-2-7-13-19)20-14-8-3-9-15-20/h7-27H,6,28H2,1-5H3,(H,47,50);1-17H. The molecular weight excluding hydrogens is 1190 g/mol. The van der Waals surface area contributed by atoms with Gasteiger partial charge in [0.1, 0.15) is 16.7 Å². The minimum Gasteiger partial charge on any atom is -0.444 e. The van der Waals surface area contributed by atoms with Gasteiger partial charge < -0.3 is 10.1 Å². The number of aromatic nitrogens is 6. The van der Waals surface area contributed by atoms with E-state index in [9.17, 15) is 18.0 Å². The average Bonchev–Trinajstić information content (AvgIpc) is 1.56. The number of amides is 1. The van der Waals surface area contributed by atoms with Crippen LogP contribution in [0.2, 0.25) is 0 Å². The smallest absolute Gasteiger partial charge is 0.435 e. The van der Waals surface area contributed by atoms with Crippen molar-refractivity contribution in [2.24, 2.45) is 0 Å². The van der Waals surface area contributed by atoms with Crippen LogP contribution in [-0.2, 0) is 33.6 Å². The van der Waals surface area contributed by atoms with E-state index in [2.05, 4.69) is 25.5 Å². The van der Waals surface area contributed by atoms with Crippen LogP contribution in [0.1, 0.15) is 91.4 Å². The van der Waals surface area contributed by atoms with E-state index in [0.29, 0.717) is 21.1 Å². The number of hydrogen-bond donors (Lipinski definition) is 1. The Hall–Kier alpha value is -8.64. The van der Waals surface area contributed by atoms with E-state index >= 15 is 13.2 Å². The van der Waals surface area contributed by atoms with Crippen molar-refractivity contribution in [1.29, 1.82) is 0 Å². The summed E-state index contributed by atoms with van der Waals surface area (Å²) in [7, 11) is 0. The summed E-state index contributed by atoms with van der Waals surface area (Å²) >= 11 is 1.92. The van der Waals surface area contributed by atoms with Crippen molar-refractivity contribution in [2.75, 3.05) is 6.54 Å². The highest BCUT2D eigenvalue weighted by atomic mass is 127. The van der Waals surface area contributed by atoms with Gasteiger partial charge in [0.2, 0.25) is 0 Å². The van der Waals surface area contributed by atoms with Gasteiger partial charge in [0.05, 0.1) is 10.8 Å². The minimum absolute atomic E-state index is 0.00207. The van der Waals surface area contributed by atoms with Gasteiger partial charge in [0, 0.05) is 27.9 Å². The number of nitrogens with zero attached hydrogens (tertiary/aromatic N) is 6. The van der Waals surface area contributed by atoms with Crippen molar-refractivity contribution in [3.63, 3.8) is 0 Å². The third-order valence-corrected chi connectivity index (χ3v) is 16.0. The van der Waals surface area contributed by atoms with Crippen LogP contribution in [0.5, 0.6) is 0 Å². The van der Waals surface area contributed by atoms with Gasteiger partial charge in [-0.25, -0.2) is 24.1 Å². The molecule has 4 aromatic heterocycles. The van der Waals surface area contributed by atoms with E-state index in [1.807, 2.05) is 237 Å². The molecule has 0 saturated carbocycles. The third kappa shape index (κ3) is 11.2. The quantitative estimate of drug-likeness (QED) is 0.0701. The molecule has 16 heteroatoms. The van der Waals surface area contributed by atoms with Crippen LogP contribution >= 0.6 is 22.6 Å². The van der Waals surface area contributed by atoms with E-state index in [1.54, 1.807) is 39.0 Å². The van der Waals surface area contributed by atoms with E-state index in [-0.39, 0.29) is 28.6 Å². The number of carbonyl (C=O) groups excluding carboxylic acids is 1. The second-order valence-electron chi connectivity index (χ2n) is 21.5. The van der Waals surface area contributed by atoms with Crippen LogP contribution in [0.25, 0.3) is 33.2 Å². The van der Waals surface area contributed by atoms with E-state index < -0.39 is 51.9 Å². The molecule has 4 heterocycles. The first-order valence-electron chi connectivity index (χ1n) is 27.2. The Labute approximate surface area is 496 Å². The first kappa shape index (κ1) is 58.6. The number of halogens is 7. The number of carbonyl (C=O) groups is 1. The first-order valence-corrected chi connectivity index (χ1v) is 28.3. The number of fused-ring (bicyclic) bond motifs is 2. The lowest BCUT2D eigenvalue weighted by Gasteiger charge is -2.36. The van der Waals surface area contributed by atoms with Crippen LogP contribution in [0.3, 0.4) is 0 Å². The molecule has 0 bridgehead atoms. The van der Waals surface area contributed by atoms with Gasteiger partial charge in [0.25, 0.3) is 0 Å². The number of benzene rings is 7. The molecule has 0 aliphatic rings. The summed E-state index contributed by atoms with van der Waals surface area (Å²) < 4.78 is 97.2. The highest BCUT2D eigenvalue weighted by Gasteiger charge is 2.48.